The van der Waals surface area contributed by atoms with Crippen LogP contribution in [0.5, 0.6) is 0 Å². The molecule has 2 N–H and O–H groups in total. The number of anilines is 1. The van der Waals surface area contributed by atoms with Gasteiger partial charge < -0.3 is 5.73 Å². The molecular formula is C7H8N4OS3. The summed E-state index contributed by atoms with van der Waals surface area (Å²) in [5.41, 5.74) is 5.46. The van der Waals surface area contributed by atoms with Gasteiger partial charge in [-0.15, -0.1) is 10.2 Å². The van der Waals surface area contributed by atoms with E-state index < -0.39 is 0 Å². The first-order valence-corrected chi connectivity index (χ1v) is 6.98. The van der Waals surface area contributed by atoms with Crippen LogP contribution in [0, 0.1) is 0 Å². The summed E-state index contributed by atoms with van der Waals surface area (Å²) in [5.74, 6) is 1.30. The third-order valence-corrected chi connectivity index (χ3v) is 4.55. The Morgan fingerprint density at radius 2 is 2.33 bits per heavy atom. The lowest BCUT2D eigenvalue weighted by Crippen LogP contribution is -1.90. The SMILES string of the molecule is Nc1nnc(CCSC2=NC(=O)CS2)s1. The second-order valence-electron chi connectivity index (χ2n) is 2.69. The van der Waals surface area contributed by atoms with Gasteiger partial charge in [0.1, 0.15) is 9.38 Å². The number of aryl methyl sites for hydroxylation is 1. The summed E-state index contributed by atoms with van der Waals surface area (Å²) in [5, 5.41) is 9.06. The molecule has 0 unspecified atom stereocenters. The van der Waals surface area contributed by atoms with Crippen molar-refractivity contribution in [2.75, 3.05) is 17.2 Å². The van der Waals surface area contributed by atoms with Crippen molar-refractivity contribution in [3.63, 3.8) is 0 Å². The van der Waals surface area contributed by atoms with E-state index in [0.717, 1.165) is 21.6 Å². The van der Waals surface area contributed by atoms with Crippen LogP contribution in [0.4, 0.5) is 5.13 Å². The van der Waals surface area contributed by atoms with Crippen molar-refractivity contribution in [1.82, 2.24) is 10.2 Å². The number of hydrogen-bond donors (Lipinski definition) is 1. The number of nitrogens with two attached hydrogens (primary N) is 1. The number of thioether (sulfide) groups is 2. The Morgan fingerprint density at radius 3 is 2.93 bits per heavy atom. The van der Waals surface area contributed by atoms with Gasteiger partial charge in [0, 0.05) is 12.2 Å². The molecule has 15 heavy (non-hydrogen) atoms. The molecule has 1 aromatic rings. The van der Waals surface area contributed by atoms with Gasteiger partial charge in [0.15, 0.2) is 0 Å². The molecular weight excluding hydrogens is 252 g/mol. The molecule has 0 aliphatic carbocycles. The third kappa shape index (κ3) is 3.18. The van der Waals surface area contributed by atoms with Gasteiger partial charge in [-0.05, 0) is 0 Å². The van der Waals surface area contributed by atoms with Crippen LogP contribution >= 0.6 is 34.9 Å². The van der Waals surface area contributed by atoms with E-state index in [1.165, 1.54) is 23.1 Å². The van der Waals surface area contributed by atoms with Crippen molar-refractivity contribution < 1.29 is 4.79 Å². The minimum Gasteiger partial charge on any atom is -0.374 e. The van der Waals surface area contributed by atoms with E-state index in [-0.39, 0.29) is 5.91 Å². The van der Waals surface area contributed by atoms with Gasteiger partial charge in [-0.2, -0.15) is 4.99 Å². The van der Waals surface area contributed by atoms with Crippen LogP contribution < -0.4 is 5.73 Å². The first kappa shape index (κ1) is 10.9. The normalized spacial score (nSPS) is 15.7. The topological polar surface area (TPSA) is 81.2 Å². The van der Waals surface area contributed by atoms with Crippen LogP contribution in [-0.4, -0.2) is 32.0 Å². The standard InChI is InChI=1S/C7H8N4OS3/c8-6-11-10-5(15-6)1-2-13-7-9-4(12)3-14-7/h1-3H2,(H2,8,11). The lowest BCUT2D eigenvalue weighted by atomic mass is 10.5. The second-order valence-corrected chi connectivity index (χ2v) is 6.09. The zero-order valence-electron chi connectivity index (χ0n) is 7.67. The molecule has 8 heteroatoms. The van der Waals surface area contributed by atoms with Crippen LogP contribution in [0.2, 0.25) is 0 Å². The smallest absolute Gasteiger partial charge is 0.257 e. The Morgan fingerprint density at radius 1 is 1.47 bits per heavy atom. The fraction of sp³-hybridized carbons (Fsp3) is 0.429. The molecule has 0 bridgehead atoms. The predicted molar refractivity (Wildman–Crippen MR) is 65.4 cm³/mol. The highest BCUT2D eigenvalue weighted by molar-refractivity contribution is 8.39. The maximum absolute atomic E-state index is 10.8. The quantitative estimate of drug-likeness (QED) is 0.874. The summed E-state index contributed by atoms with van der Waals surface area (Å²) in [6, 6.07) is 0. The molecule has 0 aromatic carbocycles. The zero-order valence-corrected chi connectivity index (χ0v) is 10.1. The molecule has 2 heterocycles. The Balaban J connectivity index is 1.75. The van der Waals surface area contributed by atoms with Gasteiger partial charge in [0.2, 0.25) is 5.13 Å². The Labute approximate surface area is 98.9 Å². The number of carbonyl (C=O) groups excluding carboxylic acids is 1. The van der Waals surface area contributed by atoms with Crippen molar-refractivity contribution in [1.29, 1.82) is 0 Å². The number of aromatic nitrogens is 2. The van der Waals surface area contributed by atoms with Crippen LogP contribution in [0.3, 0.4) is 0 Å². The van der Waals surface area contributed by atoms with Crippen LogP contribution in [0.25, 0.3) is 0 Å². The van der Waals surface area contributed by atoms with Crippen molar-refractivity contribution >= 4 is 50.3 Å². The highest BCUT2D eigenvalue weighted by atomic mass is 32.2. The summed E-state index contributed by atoms with van der Waals surface area (Å²) < 4.78 is 0.859. The Kier molecular flexibility index (Phi) is 3.60. The second kappa shape index (κ2) is 4.95. The van der Waals surface area contributed by atoms with E-state index in [2.05, 4.69) is 15.2 Å². The largest absolute Gasteiger partial charge is 0.374 e. The van der Waals surface area contributed by atoms with Crippen molar-refractivity contribution in [2.24, 2.45) is 4.99 Å². The average Bonchev–Trinajstić information content (AvgIpc) is 2.76. The van der Waals surface area contributed by atoms with Crippen LogP contribution in [-0.2, 0) is 11.2 Å². The van der Waals surface area contributed by atoms with Gasteiger partial charge in [0.05, 0.1) is 5.75 Å². The van der Waals surface area contributed by atoms with Crippen molar-refractivity contribution in [3.8, 4) is 0 Å². The molecule has 1 aliphatic heterocycles. The van der Waals surface area contributed by atoms with Crippen molar-refractivity contribution in [2.45, 2.75) is 6.42 Å². The van der Waals surface area contributed by atoms with E-state index in [1.54, 1.807) is 11.8 Å². The van der Waals surface area contributed by atoms with E-state index in [0.29, 0.717) is 10.9 Å². The fourth-order valence-electron chi connectivity index (χ4n) is 0.957. The predicted octanol–water partition coefficient (Wildman–Crippen LogP) is 1.03. The lowest BCUT2D eigenvalue weighted by molar-refractivity contribution is -0.115. The number of aliphatic imine (C=N–C) groups is 1. The molecule has 80 valence electrons. The molecule has 2 rings (SSSR count). The average molecular weight is 260 g/mol. The first-order chi connectivity index (χ1) is 7.24. The molecule has 0 saturated carbocycles. The number of nitrogens with zero attached hydrogens (tertiary/aromatic N) is 3. The molecule has 1 aliphatic rings. The summed E-state index contributed by atoms with van der Waals surface area (Å²) in [6.45, 7) is 0. The van der Waals surface area contributed by atoms with E-state index in [9.17, 15) is 4.79 Å². The first-order valence-electron chi connectivity index (χ1n) is 4.19. The minimum atomic E-state index is -0.0392. The molecule has 1 aromatic heterocycles. The molecule has 0 fully saturated rings. The van der Waals surface area contributed by atoms with Gasteiger partial charge in [-0.3, -0.25) is 4.79 Å². The van der Waals surface area contributed by atoms with E-state index in [4.69, 9.17) is 5.73 Å². The fourth-order valence-corrected chi connectivity index (χ4v) is 3.57. The van der Waals surface area contributed by atoms with E-state index in [1.807, 2.05) is 0 Å². The minimum absolute atomic E-state index is 0.0392. The lowest BCUT2D eigenvalue weighted by Gasteiger charge is -1.95. The van der Waals surface area contributed by atoms with Gasteiger partial charge >= 0.3 is 0 Å². The maximum Gasteiger partial charge on any atom is 0.257 e. The number of amides is 1. The maximum atomic E-state index is 10.8. The zero-order chi connectivity index (χ0) is 10.7. The number of rotatable bonds is 3. The molecule has 5 nitrogen and oxygen atoms in total. The number of carbonyl (C=O) groups is 1. The highest BCUT2D eigenvalue weighted by Gasteiger charge is 2.14. The number of hydrogen-bond acceptors (Lipinski definition) is 7. The molecule has 1 amide bonds. The van der Waals surface area contributed by atoms with Gasteiger partial charge in [-0.25, -0.2) is 0 Å². The molecule has 0 radical (unpaired) electrons. The van der Waals surface area contributed by atoms with Gasteiger partial charge in [-0.1, -0.05) is 34.9 Å². The molecule has 0 spiro atoms. The van der Waals surface area contributed by atoms with Crippen LogP contribution in [0.15, 0.2) is 4.99 Å². The summed E-state index contributed by atoms with van der Waals surface area (Å²) >= 11 is 4.48. The number of nitrogen functional groups attached to an aromatic ring is 1. The van der Waals surface area contributed by atoms with Crippen molar-refractivity contribution in [3.05, 3.63) is 5.01 Å². The summed E-state index contributed by atoms with van der Waals surface area (Å²) in [7, 11) is 0. The van der Waals surface area contributed by atoms with Gasteiger partial charge in [0.25, 0.3) is 5.91 Å². The Hall–Kier alpha value is -0.600. The molecule has 0 saturated heterocycles. The Bertz CT molecular complexity index is 403. The van der Waals surface area contributed by atoms with Crippen LogP contribution in [0.1, 0.15) is 5.01 Å². The molecule has 0 atom stereocenters. The monoisotopic (exact) mass is 260 g/mol. The summed E-state index contributed by atoms with van der Waals surface area (Å²) in [4.78, 5) is 14.7. The van der Waals surface area contributed by atoms with E-state index >= 15 is 0 Å². The third-order valence-electron chi connectivity index (χ3n) is 1.56. The summed E-state index contributed by atoms with van der Waals surface area (Å²) in [6.07, 6.45) is 0.813. The highest BCUT2D eigenvalue weighted by Crippen LogP contribution is 2.24.